The molecule has 0 bridgehead atoms. The Balaban J connectivity index is 1.97. The average molecular weight is 274 g/mol. The number of Topliss-reactive ketones (excluding diaryl/α,β-unsaturated/α-hetero) is 1. The highest BCUT2D eigenvalue weighted by Gasteiger charge is 2.32. The zero-order chi connectivity index (χ0) is 14.4. The van der Waals surface area contributed by atoms with Gasteiger partial charge in [0.25, 0.3) is 0 Å². The molecule has 3 aromatic rings. The van der Waals surface area contributed by atoms with Crippen molar-refractivity contribution in [3.63, 3.8) is 0 Å². The first-order valence-electron chi connectivity index (χ1n) is 7.08. The average Bonchev–Trinajstić information content (AvgIpc) is 2.85. The molecule has 0 heterocycles. The minimum atomic E-state index is -0.0432. The van der Waals surface area contributed by atoms with Crippen LogP contribution in [0, 0.1) is 0 Å². The number of rotatable bonds is 1. The summed E-state index contributed by atoms with van der Waals surface area (Å²) in [6.07, 6.45) is 0.431. The van der Waals surface area contributed by atoms with Crippen molar-refractivity contribution >= 4 is 16.6 Å². The Kier molecular flexibility index (Phi) is 2.58. The Labute approximate surface area is 122 Å². The van der Waals surface area contributed by atoms with Gasteiger partial charge < -0.3 is 5.11 Å². The molecular weight excluding hydrogens is 260 g/mol. The van der Waals surface area contributed by atoms with Gasteiger partial charge in [0, 0.05) is 23.5 Å². The first-order chi connectivity index (χ1) is 10.3. The van der Waals surface area contributed by atoms with E-state index in [0.29, 0.717) is 6.42 Å². The molecule has 1 atom stereocenters. The van der Waals surface area contributed by atoms with Crippen LogP contribution < -0.4 is 0 Å². The molecule has 0 spiro atoms. The number of benzene rings is 3. The lowest BCUT2D eigenvalue weighted by Crippen LogP contribution is -1.97. The predicted molar refractivity (Wildman–Crippen MR) is 82.8 cm³/mol. The summed E-state index contributed by atoms with van der Waals surface area (Å²) in [5.41, 5.74) is 2.68. The van der Waals surface area contributed by atoms with Gasteiger partial charge in [-0.3, -0.25) is 4.79 Å². The number of phenolic OH excluding ortho intramolecular Hbond substituents is 1. The molecule has 1 aliphatic carbocycles. The Bertz CT molecular complexity index is 864. The second-order valence-corrected chi connectivity index (χ2v) is 5.49. The third-order valence-corrected chi connectivity index (χ3v) is 4.32. The Morgan fingerprint density at radius 2 is 1.62 bits per heavy atom. The second kappa shape index (κ2) is 4.45. The molecule has 2 nitrogen and oxygen atoms in total. The highest BCUT2D eigenvalue weighted by atomic mass is 16.3. The van der Waals surface area contributed by atoms with Crippen molar-refractivity contribution in [1.82, 2.24) is 0 Å². The van der Waals surface area contributed by atoms with Crippen LogP contribution in [0.2, 0.25) is 0 Å². The maximum atomic E-state index is 12.5. The number of hydrogen-bond donors (Lipinski definition) is 1. The number of carbonyl (C=O) groups excluding carboxylic acids is 1. The SMILES string of the molecule is O=C1CC(c2ccccc2O)c2ccc3ccccc3c21. The first-order valence-corrected chi connectivity index (χ1v) is 7.08. The van der Waals surface area contributed by atoms with Gasteiger partial charge >= 0.3 is 0 Å². The van der Waals surface area contributed by atoms with E-state index in [2.05, 4.69) is 6.07 Å². The number of para-hydroxylation sites is 1. The number of hydrogen-bond acceptors (Lipinski definition) is 2. The van der Waals surface area contributed by atoms with Crippen molar-refractivity contribution in [2.45, 2.75) is 12.3 Å². The van der Waals surface area contributed by atoms with Crippen LogP contribution in [0.3, 0.4) is 0 Å². The molecule has 102 valence electrons. The van der Waals surface area contributed by atoms with Gasteiger partial charge in [-0.2, -0.15) is 0 Å². The van der Waals surface area contributed by atoms with E-state index in [4.69, 9.17) is 0 Å². The molecule has 0 aliphatic heterocycles. The molecule has 0 saturated carbocycles. The summed E-state index contributed by atoms with van der Waals surface area (Å²) in [7, 11) is 0. The van der Waals surface area contributed by atoms with Gasteiger partial charge in [0.15, 0.2) is 5.78 Å². The van der Waals surface area contributed by atoms with Crippen LogP contribution in [0.5, 0.6) is 5.75 Å². The van der Waals surface area contributed by atoms with E-state index in [1.54, 1.807) is 12.1 Å². The van der Waals surface area contributed by atoms with Gasteiger partial charge in [-0.15, -0.1) is 0 Å². The fraction of sp³-hybridized carbons (Fsp3) is 0.105. The van der Waals surface area contributed by atoms with Crippen molar-refractivity contribution in [2.75, 3.05) is 0 Å². The Hall–Kier alpha value is -2.61. The third kappa shape index (κ3) is 1.76. The van der Waals surface area contributed by atoms with E-state index in [0.717, 1.165) is 27.5 Å². The molecule has 0 fully saturated rings. The Morgan fingerprint density at radius 1 is 0.857 bits per heavy atom. The molecule has 3 aromatic carbocycles. The molecule has 0 amide bonds. The van der Waals surface area contributed by atoms with Gasteiger partial charge in [0.05, 0.1) is 0 Å². The van der Waals surface area contributed by atoms with Crippen LogP contribution in [0.15, 0.2) is 60.7 Å². The monoisotopic (exact) mass is 274 g/mol. The molecule has 4 rings (SSSR count). The van der Waals surface area contributed by atoms with Gasteiger partial charge in [0.2, 0.25) is 0 Å². The number of aromatic hydroxyl groups is 1. The third-order valence-electron chi connectivity index (χ3n) is 4.32. The normalized spacial score (nSPS) is 17.1. The summed E-state index contributed by atoms with van der Waals surface area (Å²) in [4.78, 5) is 12.5. The first kappa shape index (κ1) is 12.2. The van der Waals surface area contributed by atoms with E-state index in [1.807, 2.05) is 42.5 Å². The largest absolute Gasteiger partial charge is 0.508 e. The van der Waals surface area contributed by atoms with Crippen LogP contribution in [0.1, 0.15) is 33.8 Å². The summed E-state index contributed by atoms with van der Waals surface area (Å²) in [5.74, 6) is 0.379. The van der Waals surface area contributed by atoms with E-state index in [9.17, 15) is 9.90 Å². The predicted octanol–water partition coefficient (Wildman–Crippen LogP) is 4.26. The van der Waals surface area contributed by atoms with Crippen LogP contribution >= 0.6 is 0 Å². The lowest BCUT2D eigenvalue weighted by Gasteiger charge is -2.13. The second-order valence-electron chi connectivity index (χ2n) is 5.49. The van der Waals surface area contributed by atoms with Crippen molar-refractivity contribution in [1.29, 1.82) is 0 Å². The van der Waals surface area contributed by atoms with E-state index >= 15 is 0 Å². The van der Waals surface area contributed by atoms with Gasteiger partial charge in [-0.1, -0.05) is 54.6 Å². The summed E-state index contributed by atoms with van der Waals surface area (Å²) in [5, 5.41) is 12.2. The maximum Gasteiger partial charge on any atom is 0.164 e. The molecule has 0 radical (unpaired) electrons. The molecule has 0 saturated heterocycles. The van der Waals surface area contributed by atoms with E-state index < -0.39 is 0 Å². The molecule has 1 unspecified atom stereocenters. The highest BCUT2D eigenvalue weighted by Crippen LogP contribution is 2.43. The van der Waals surface area contributed by atoms with Crippen LogP contribution in [0.25, 0.3) is 10.8 Å². The van der Waals surface area contributed by atoms with Gasteiger partial charge in [-0.25, -0.2) is 0 Å². The van der Waals surface area contributed by atoms with Crippen molar-refractivity contribution < 1.29 is 9.90 Å². The number of fused-ring (bicyclic) bond motifs is 3. The number of carbonyl (C=O) groups is 1. The van der Waals surface area contributed by atoms with Gasteiger partial charge in [0.1, 0.15) is 5.75 Å². The minimum absolute atomic E-state index is 0.0432. The molecule has 0 aromatic heterocycles. The topological polar surface area (TPSA) is 37.3 Å². The van der Waals surface area contributed by atoms with Crippen molar-refractivity contribution in [3.8, 4) is 5.75 Å². The molecule has 1 N–H and O–H groups in total. The Morgan fingerprint density at radius 3 is 2.48 bits per heavy atom. The van der Waals surface area contributed by atoms with E-state index in [-0.39, 0.29) is 17.5 Å². The van der Waals surface area contributed by atoms with Crippen molar-refractivity contribution in [2.24, 2.45) is 0 Å². The van der Waals surface area contributed by atoms with E-state index in [1.165, 1.54) is 0 Å². The van der Waals surface area contributed by atoms with Crippen LogP contribution in [0.4, 0.5) is 0 Å². The quantitative estimate of drug-likeness (QED) is 0.719. The van der Waals surface area contributed by atoms with Gasteiger partial charge in [-0.05, 0) is 22.4 Å². The molecule has 21 heavy (non-hydrogen) atoms. The molecule has 2 heteroatoms. The summed E-state index contributed by atoms with van der Waals surface area (Å²) < 4.78 is 0. The lowest BCUT2D eigenvalue weighted by atomic mass is 9.91. The summed E-state index contributed by atoms with van der Waals surface area (Å²) in [6, 6.07) is 19.3. The highest BCUT2D eigenvalue weighted by molar-refractivity contribution is 6.12. The fourth-order valence-electron chi connectivity index (χ4n) is 3.35. The molecule has 1 aliphatic rings. The smallest absolute Gasteiger partial charge is 0.164 e. The lowest BCUT2D eigenvalue weighted by molar-refractivity contribution is 0.0992. The van der Waals surface area contributed by atoms with Crippen LogP contribution in [-0.2, 0) is 0 Å². The fourth-order valence-corrected chi connectivity index (χ4v) is 3.35. The standard InChI is InChI=1S/C19H14O2/c20-17-8-4-3-7-14(17)16-11-18(21)19-13-6-2-1-5-12(13)9-10-15(16)19/h1-10,16,20H,11H2. The van der Waals surface area contributed by atoms with Crippen molar-refractivity contribution in [3.05, 3.63) is 77.4 Å². The molecular formula is C19H14O2. The zero-order valence-electron chi connectivity index (χ0n) is 11.4. The number of ketones is 1. The summed E-state index contributed by atoms with van der Waals surface area (Å²) >= 11 is 0. The zero-order valence-corrected chi connectivity index (χ0v) is 11.4. The minimum Gasteiger partial charge on any atom is -0.508 e. The van der Waals surface area contributed by atoms with Crippen LogP contribution in [-0.4, -0.2) is 10.9 Å². The maximum absolute atomic E-state index is 12.5. The summed E-state index contributed by atoms with van der Waals surface area (Å²) in [6.45, 7) is 0. The number of phenols is 1.